The van der Waals surface area contributed by atoms with Crippen LogP contribution < -0.4 is 0 Å². The molecule has 25 heavy (non-hydrogen) atoms. The number of ether oxygens (including phenoxy) is 3. The monoisotopic (exact) mass is 410 g/mol. The maximum atomic E-state index is 10.1. The molecule has 0 aliphatic carbocycles. The van der Waals surface area contributed by atoms with E-state index >= 15 is 0 Å². The van der Waals surface area contributed by atoms with Gasteiger partial charge in [0.2, 0.25) is 0 Å². The molecule has 2 saturated heterocycles. The summed E-state index contributed by atoms with van der Waals surface area (Å²) in [5.74, 6) is 0. The van der Waals surface area contributed by atoms with Crippen LogP contribution in [0.5, 0.6) is 0 Å². The molecule has 1 N–H and O–H groups in total. The third-order valence-electron chi connectivity index (χ3n) is 5.07. The van der Waals surface area contributed by atoms with E-state index in [2.05, 4.69) is 34.6 Å². The van der Waals surface area contributed by atoms with Gasteiger partial charge in [-0.15, -0.1) is 6.58 Å². The molecule has 4 nitrogen and oxygen atoms in total. The Bertz CT molecular complexity index is 561. The van der Waals surface area contributed by atoms with Crippen molar-refractivity contribution in [3.8, 4) is 0 Å². The summed E-state index contributed by atoms with van der Waals surface area (Å²) in [6.07, 6.45) is 4.38. The Morgan fingerprint density at radius 2 is 1.88 bits per heavy atom. The van der Waals surface area contributed by atoms with E-state index in [0.717, 1.165) is 29.3 Å². The maximum absolute atomic E-state index is 10.1. The van der Waals surface area contributed by atoms with Crippen molar-refractivity contribution >= 4 is 15.9 Å². The average Bonchev–Trinajstić information content (AvgIpc) is 3.18. The first kappa shape index (κ1) is 19.1. The van der Waals surface area contributed by atoms with Gasteiger partial charge >= 0.3 is 0 Å². The Morgan fingerprint density at radius 3 is 2.52 bits per heavy atom. The van der Waals surface area contributed by atoms with Crippen LogP contribution in [0.25, 0.3) is 0 Å². The zero-order chi connectivity index (χ0) is 17.8. The van der Waals surface area contributed by atoms with Gasteiger partial charge in [0.25, 0.3) is 0 Å². The fraction of sp³-hybridized carbons (Fsp3) is 0.600. The van der Waals surface area contributed by atoms with Gasteiger partial charge in [0.15, 0.2) is 0 Å². The normalized spacial score (nSPS) is 35.2. The van der Waals surface area contributed by atoms with Crippen LogP contribution in [0.1, 0.15) is 38.2 Å². The Labute approximate surface area is 158 Å². The predicted octanol–water partition coefficient (Wildman–Crippen LogP) is 4.00. The highest BCUT2D eigenvalue weighted by molar-refractivity contribution is 9.10. The van der Waals surface area contributed by atoms with Crippen molar-refractivity contribution in [2.24, 2.45) is 0 Å². The largest absolute Gasteiger partial charge is 0.390 e. The van der Waals surface area contributed by atoms with E-state index in [4.69, 9.17) is 14.2 Å². The first-order valence-electron chi connectivity index (χ1n) is 9.06. The zero-order valence-electron chi connectivity index (χ0n) is 14.6. The SMILES string of the molecule is C=CC[C@@H]1O[C@H]([C@H]2C[C@H](O)[C@@H](CC)O2)C[C@@H]1OCc1ccc(Br)cc1. The van der Waals surface area contributed by atoms with Crippen molar-refractivity contribution in [2.45, 2.75) is 75.8 Å². The number of aliphatic hydroxyl groups excluding tert-OH is 1. The van der Waals surface area contributed by atoms with Gasteiger partial charge in [-0.25, -0.2) is 0 Å². The average molecular weight is 411 g/mol. The lowest BCUT2D eigenvalue weighted by Crippen LogP contribution is -2.26. The van der Waals surface area contributed by atoms with E-state index in [-0.39, 0.29) is 36.6 Å². The van der Waals surface area contributed by atoms with Gasteiger partial charge in [-0.3, -0.25) is 0 Å². The molecule has 138 valence electrons. The molecule has 1 aromatic rings. The summed E-state index contributed by atoms with van der Waals surface area (Å²) >= 11 is 3.45. The van der Waals surface area contributed by atoms with E-state index in [1.165, 1.54) is 0 Å². The molecule has 2 heterocycles. The third-order valence-corrected chi connectivity index (χ3v) is 5.60. The van der Waals surface area contributed by atoms with E-state index in [1.54, 1.807) is 0 Å². The number of aliphatic hydroxyl groups is 1. The number of benzene rings is 1. The molecule has 0 amide bonds. The molecule has 0 bridgehead atoms. The molecule has 6 atom stereocenters. The van der Waals surface area contributed by atoms with Gasteiger partial charge in [0, 0.05) is 17.3 Å². The molecule has 0 spiro atoms. The van der Waals surface area contributed by atoms with Crippen LogP contribution in [0, 0.1) is 0 Å². The number of hydrogen-bond donors (Lipinski definition) is 1. The lowest BCUT2D eigenvalue weighted by molar-refractivity contribution is -0.0776. The molecule has 0 unspecified atom stereocenters. The number of hydrogen-bond acceptors (Lipinski definition) is 4. The van der Waals surface area contributed by atoms with E-state index in [1.807, 2.05) is 25.1 Å². The van der Waals surface area contributed by atoms with Gasteiger partial charge in [-0.1, -0.05) is 41.1 Å². The van der Waals surface area contributed by atoms with E-state index in [0.29, 0.717) is 13.0 Å². The van der Waals surface area contributed by atoms with E-state index in [9.17, 15) is 5.11 Å². The molecular formula is C20H27BrO4. The molecule has 2 aliphatic heterocycles. The van der Waals surface area contributed by atoms with Crippen LogP contribution in [0.2, 0.25) is 0 Å². The smallest absolute Gasteiger partial charge is 0.0877 e. The second-order valence-corrected chi connectivity index (χ2v) is 7.79. The lowest BCUT2D eigenvalue weighted by Gasteiger charge is -2.19. The molecule has 2 aliphatic rings. The molecule has 0 saturated carbocycles. The van der Waals surface area contributed by atoms with Crippen molar-refractivity contribution < 1.29 is 19.3 Å². The Balaban J connectivity index is 1.58. The van der Waals surface area contributed by atoms with Gasteiger partial charge in [-0.05, 0) is 30.5 Å². The molecule has 0 radical (unpaired) electrons. The highest BCUT2D eigenvalue weighted by Crippen LogP contribution is 2.35. The molecule has 0 aromatic heterocycles. The first-order valence-corrected chi connectivity index (χ1v) is 9.86. The lowest BCUT2D eigenvalue weighted by atomic mass is 10.0. The van der Waals surface area contributed by atoms with Crippen LogP contribution in [0.4, 0.5) is 0 Å². The quantitative estimate of drug-likeness (QED) is 0.690. The van der Waals surface area contributed by atoms with Crippen LogP contribution in [0.3, 0.4) is 0 Å². The van der Waals surface area contributed by atoms with Crippen molar-refractivity contribution in [2.75, 3.05) is 0 Å². The summed E-state index contributed by atoms with van der Waals surface area (Å²) in [5, 5.41) is 10.1. The van der Waals surface area contributed by atoms with Gasteiger partial charge in [0.1, 0.15) is 0 Å². The first-order chi connectivity index (χ1) is 12.1. The third kappa shape index (κ3) is 4.72. The van der Waals surface area contributed by atoms with Gasteiger partial charge in [-0.2, -0.15) is 0 Å². The highest BCUT2D eigenvalue weighted by Gasteiger charge is 2.44. The number of halogens is 1. The van der Waals surface area contributed by atoms with Crippen molar-refractivity contribution in [3.05, 3.63) is 47.0 Å². The van der Waals surface area contributed by atoms with Gasteiger partial charge < -0.3 is 19.3 Å². The Hall–Kier alpha value is -0.720. The number of rotatable bonds is 7. The molecule has 1 aromatic carbocycles. The van der Waals surface area contributed by atoms with Crippen molar-refractivity contribution in [3.63, 3.8) is 0 Å². The molecular weight excluding hydrogens is 384 g/mol. The summed E-state index contributed by atoms with van der Waals surface area (Å²) in [6.45, 7) is 6.44. The maximum Gasteiger partial charge on any atom is 0.0877 e. The van der Waals surface area contributed by atoms with E-state index < -0.39 is 0 Å². The summed E-state index contributed by atoms with van der Waals surface area (Å²) in [7, 11) is 0. The van der Waals surface area contributed by atoms with Crippen molar-refractivity contribution in [1.82, 2.24) is 0 Å². The standard InChI is InChI=1S/C20H27BrO4/c1-3-5-17-18(23-12-13-6-8-14(21)9-7-13)11-20(25-17)19-10-15(22)16(4-2)24-19/h3,6-9,15-20,22H,1,4-5,10-12H2,2H3/t15-,16+,17-,18-,19+,20-/m0/s1. The minimum absolute atomic E-state index is 0.000585. The van der Waals surface area contributed by atoms with Crippen LogP contribution in [-0.2, 0) is 20.8 Å². The second-order valence-electron chi connectivity index (χ2n) is 6.87. The fourth-order valence-corrected chi connectivity index (χ4v) is 3.95. The zero-order valence-corrected chi connectivity index (χ0v) is 16.2. The Morgan fingerprint density at radius 1 is 1.20 bits per heavy atom. The van der Waals surface area contributed by atoms with Gasteiger partial charge in [0.05, 0.1) is 43.2 Å². The van der Waals surface area contributed by atoms with Crippen LogP contribution in [-0.4, -0.2) is 41.7 Å². The molecule has 2 fully saturated rings. The fourth-order valence-electron chi connectivity index (χ4n) is 3.69. The summed E-state index contributed by atoms with van der Waals surface area (Å²) in [5.41, 5.74) is 1.14. The molecule has 3 rings (SSSR count). The minimum atomic E-state index is -0.390. The van der Waals surface area contributed by atoms with Crippen LogP contribution >= 0.6 is 15.9 Å². The summed E-state index contributed by atoms with van der Waals surface area (Å²) < 4.78 is 19.4. The van der Waals surface area contributed by atoms with Crippen LogP contribution in [0.15, 0.2) is 41.4 Å². The Kier molecular flexibility index (Phi) is 6.69. The summed E-state index contributed by atoms with van der Waals surface area (Å²) in [6, 6.07) is 8.16. The highest BCUT2D eigenvalue weighted by atomic mass is 79.9. The predicted molar refractivity (Wildman–Crippen MR) is 100 cm³/mol. The summed E-state index contributed by atoms with van der Waals surface area (Å²) in [4.78, 5) is 0. The topological polar surface area (TPSA) is 47.9 Å². The second kappa shape index (κ2) is 8.78. The van der Waals surface area contributed by atoms with Crippen molar-refractivity contribution in [1.29, 1.82) is 0 Å². The molecule has 5 heteroatoms. The minimum Gasteiger partial charge on any atom is -0.390 e.